The number of oxazole rings is 1. The maximum atomic E-state index is 13.2. The van der Waals surface area contributed by atoms with Gasteiger partial charge in [0.1, 0.15) is 11.3 Å². The molecule has 1 N–H and O–H groups in total. The van der Waals surface area contributed by atoms with Crippen LogP contribution in [0, 0.1) is 0 Å². The molecule has 0 spiro atoms. The summed E-state index contributed by atoms with van der Waals surface area (Å²) >= 11 is 0. The van der Waals surface area contributed by atoms with E-state index in [0.717, 1.165) is 37.6 Å². The van der Waals surface area contributed by atoms with Crippen molar-refractivity contribution in [2.75, 3.05) is 30.8 Å². The molecule has 0 amide bonds. The number of fused-ring (bicyclic) bond motifs is 1. The zero-order valence-electron chi connectivity index (χ0n) is 19.6. The van der Waals surface area contributed by atoms with E-state index in [1.807, 2.05) is 0 Å². The number of ether oxygens (including phenoxy) is 1. The number of sulfone groups is 1. The van der Waals surface area contributed by atoms with Crippen LogP contribution in [-0.4, -0.2) is 49.8 Å². The highest BCUT2D eigenvalue weighted by molar-refractivity contribution is 7.91. The standard InChI is InChI=1S/C24H28F3N3O4S/c1-3-33-22-13-16(5-7-19(22)24(25,26)27)15-30-11-9-17(10-12-30)28-23-29-20-14-18(35(31,32)4-2)6-8-21(20)34-23/h5-8,13-14,17H,3-4,9-12,15H2,1-2H3,(H,28,29). The van der Waals surface area contributed by atoms with Crippen molar-refractivity contribution in [3.05, 3.63) is 47.5 Å². The first-order valence-electron chi connectivity index (χ1n) is 11.5. The molecular weight excluding hydrogens is 483 g/mol. The number of nitrogens with one attached hydrogen (secondary N) is 1. The topological polar surface area (TPSA) is 84.7 Å². The van der Waals surface area contributed by atoms with Crippen LogP contribution >= 0.6 is 0 Å². The first-order chi connectivity index (χ1) is 16.6. The second-order valence-corrected chi connectivity index (χ2v) is 10.8. The molecular formula is C24H28F3N3O4S. The van der Waals surface area contributed by atoms with Crippen LogP contribution in [0.15, 0.2) is 45.7 Å². The van der Waals surface area contributed by atoms with Crippen molar-refractivity contribution in [2.24, 2.45) is 0 Å². The molecule has 0 saturated carbocycles. The summed E-state index contributed by atoms with van der Waals surface area (Å²) in [5.74, 6) is -0.126. The van der Waals surface area contributed by atoms with Gasteiger partial charge in [-0.2, -0.15) is 18.2 Å². The highest BCUT2D eigenvalue weighted by Gasteiger charge is 2.34. The van der Waals surface area contributed by atoms with E-state index in [9.17, 15) is 21.6 Å². The molecule has 0 bridgehead atoms. The molecule has 4 rings (SSSR count). The molecule has 0 radical (unpaired) electrons. The smallest absolute Gasteiger partial charge is 0.419 e. The van der Waals surface area contributed by atoms with Gasteiger partial charge in [0.05, 0.1) is 22.8 Å². The molecule has 1 aliphatic rings. The number of likely N-dealkylation sites (tertiary alicyclic amines) is 1. The third-order valence-corrected chi connectivity index (χ3v) is 7.80. The highest BCUT2D eigenvalue weighted by Crippen LogP contribution is 2.37. The summed E-state index contributed by atoms with van der Waals surface area (Å²) in [4.78, 5) is 6.80. The molecule has 3 aromatic rings. The summed E-state index contributed by atoms with van der Waals surface area (Å²) < 4.78 is 74.8. The molecule has 190 valence electrons. The molecule has 2 aromatic carbocycles. The number of alkyl halides is 3. The average molecular weight is 512 g/mol. The molecule has 1 fully saturated rings. The Morgan fingerprint density at radius 1 is 1.14 bits per heavy atom. The maximum Gasteiger partial charge on any atom is 0.419 e. The van der Waals surface area contributed by atoms with Gasteiger partial charge in [0, 0.05) is 25.7 Å². The fraction of sp³-hybridized carbons (Fsp3) is 0.458. The van der Waals surface area contributed by atoms with Crippen LogP contribution in [-0.2, 0) is 22.6 Å². The van der Waals surface area contributed by atoms with Gasteiger partial charge in [-0.1, -0.05) is 13.0 Å². The van der Waals surface area contributed by atoms with Crippen LogP contribution in [0.2, 0.25) is 0 Å². The highest BCUT2D eigenvalue weighted by atomic mass is 32.2. The van der Waals surface area contributed by atoms with Gasteiger partial charge < -0.3 is 14.5 Å². The Kier molecular flexibility index (Phi) is 7.27. The van der Waals surface area contributed by atoms with E-state index in [1.165, 1.54) is 24.3 Å². The van der Waals surface area contributed by atoms with Crippen LogP contribution in [0.4, 0.5) is 19.2 Å². The van der Waals surface area contributed by atoms with E-state index < -0.39 is 21.6 Å². The largest absolute Gasteiger partial charge is 0.493 e. The molecule has 35 heavy (non-hydrogen) atoms. The average Bonchev–Trinajstić information content (AvgIpc) is 3.21. The molecule has 1 aromatic heterocycles. The molecule has 2 heterocycles. The van der Waals surface area contributed by atoms with Crippen LogP contribution in [0.3, 0.4) is 0 Å². The van der Waals surface area contributed by atoms with Gasteiger partial charge in [0.25, 0.3) is 6.01 Å². The third kappa shape index (κ3) is 5.90. The van der Waals surface area contributed by atoms with Gasteiger partial charge >= 0.3 is 6.18 Å². The van der Waals surface area contributed by atoms with Crippen LogP contribution in [0.1, 0.15) is 37.8 Å². The van der Waals surface area contributed by atoms with E-state index in [-0.39, 0.29) is 29.0 Å². The number of anilines is 1. The minimum atomic E-state index is -4.45. The number of hydrogen-bond donors (Lipinski definition) is 1. The van der Waals surface area contributed by atoms with E-state index in [4.69, 9.17) is 9.15 Å². The monoisotopic (exact) mass is 511 g/mol. The summed E-state index contributed by atoms with van der Waals surface area (Å²) in [6, 6.07) is 9.17. The van der Waals surface area contributed by atoms with Crippen LogP contribution in [0.25, 0.3) is 11.1 Å². The van der Waals surface area contributed by atoms with E-state index >= 15 is 0 Å². The SMILES string of the molecule is CCOc1cc(CN2CCC(Nc3nc4cc(S(=O)(=O)CC)ccc4o3)CC2)ccc1C(F)(F)F. The number of aromatic nitrogens is 1. The van der Waals surface area contributed by atoms with Crippen LogP contribution in [0.5, 0.6) is 5.75 Å². The molecule has 1 aliphatic heterocycles. The quantitative estimate of drug-likeness (QED) is 0.450. The van der Waals surface area contributed by atoms with Gasteiger partial charge in [0.2, 0.25) is 0 Å². The van der Waals surface area contributed by atoms with Gasteiger partial charge in [-0.05, 0) is 55.7 Å². The number of benzene rings is 2. The fourth-order valence-electron chi connectivity index (χ4n) is 4.17. The Bertz CT molecular complexity index is 1280. The summed E-state index contributed by atoms with van der Waals surface area (Å²) in [5.41, 5.74) is 0.993. The molecule has 7 nitrogen and oxygen atoms in total. The lowest BCUT2D eigenvalue weighted by Crippen LogP contribution is -2.38. The van der Waals surface area contributed by atoms with Gasteiger partial charge in [-0.15, -0.1) is 0 Å². The molecule has 11 heteroatoms. The van der Waals surface area contributed by atoms with E-state index in [1.54, 1.807) is 19.9 Å². The van der Waals surface area contributed by atoms with E-state index in [0.29, 0.717) is 23.7 Å². The summed E-state index contributed by atoms with van der Waals surface area (Å²) in [7, 11) is -3.33. The third-order valence-electron chi connectivity index (χ3n) is 6.07. The maximum absolute atomic E-state index is 13.2. The lowest BCUT2D eigenvalue weighted by molar-refractivity contribution is -0.138. The van der Waals surface area contributed by atoms with Crippen molar-refractivity contribution in [3.8, 4) is 5.75 Å². The van der Waals surface area contributed by atoms with E-state index in [2.05, 4.69) is 15.2 Å². The minimum Gasteiger partial charge on any atom is -0.493 e. The van der Waals surface area contributed by atoms with Crippen molar-refractivity contribution in [3.63, 3.8) is 0 Å². The van der Waals surface area contributed by atoms with Crippen molar-refractivity contribution in [2.45, 2.75) is 50.3 Å². The zero-order valence-corrected chi connectivity index (χ0v) is 20.4. The number of nitrogens with zero attached hydrogens (tertiary/aromatic N) is 2. The van der Waals surface area contributed by atoms with Crippen molar-refractivity contribution in [1.29, 1.82) is 0 Å². The second kappa shape index (κ2) is 10.1. The van der Waals surface area contributed by atoms with Gasteiger partial charge in [-0.25, -0.2) is 8.42 Å². The fourth-order valence-corrected chi connectivity index (χ4v) is 5.07. The first kappa shape index (κ1) is 25.3. The number of piperidine rings is 1. The molecule has 1 saturated heterocycles. The lowest BCUT2D eigenvalue weighted by atomic mass is 10.0. The Morgan fingerprint density at radius 2 is 1.89 bits per heavy atom. The van der Waals surface area contributed by atoms with Crippen molar-refractivity contribution < 1.29 is 30.7 Å². The summed E-state index contributed by atoms with van der Waals surface area (Å²) in [6.45, 7) is 5.45. The van der Waals surface area contributed by atoms with Crippen molar-refractivity contribution >= 4 is 27.0 Å². The zero-order chi connectivity index (χ0) is 25.2. The van der Waals surface area contributed by atoms with Gasteiger partial charge in [-0.3, -0.25) is 4.90 Å². The number of halogens is 3. The normalized spacial score (nSPS) is 16.0. The van der Waals surface area contributed by atoms with Crippen molar-refractivity contribution in [1.82, 2.24) is 9.88 Å². The summed E-state index contributed by atoms with van der Waals surface area (Å²) in [5, 5.41) is 3.28. The summed E-state index contributed by atoms with van der Waals surface area (Å²) in [6.07, 6.45) is -2.86. The molecule has 0 atom stereocenters. The number of hydrogen-bond acceptors (Lipinski definition) is 7. The first-order valence-corrected chi connectivity index (χ1v) is 13.2. The Hall–Kier alpha value is -2.79. The second-order valence-electron chi connectivity index (χ2n) is 8.51. The van der Waals surface area contributed by atoms with Crippen LogP contribution < -0.4 is 10.1 Å². The van der Waals surface area contributed by atoms with Gasteiger partial charge in [0.15, 0.2) is 15.4 Å². The number of rotatable bonds is 8. The predicted molar refractivity (Wildman–Crippen MR) is 126 cm³/mol. The lowest BCUT2D eigenvalue weighted by Gasteiger charge is -2.32. The Labute approximate surface area is 202 Å². The Balaban J connectivity index is 1.36. The molecule has 0 unspecified atom stereocenters. The molecule has 0 aliphatic carbocycles. The predicted octanol–water partition coefficient (Wildman–Crippen LogP) is 5.12. The Morgan fingerprint density at radius 3 is 2.54 bits per heavy atom. The minimum absolute atomic E-state index is 0.0133.